The average Bonchev–Trinajstić information content (AvgIpc) is 2.53. The summed E-state index contributed by atoms with van der Waals surface area (Å²) in [5.74, 6) is 4.50. The van der Waals surface area contributed by atoms with Crippen LogP contribution in [0.5, 0.6) is 0 Å². The number of carbonyl (C=O) groups is 1. The zero-order valence-corrected chi connectivity index (χ0v) is 16.3. The third-order valence-electron chi connectivity index (χ3n) is 2.97. The fourth-order valence-corrected chi connectivity index (χ4v) is 4.41. The van der Waals surface area contributed by atoms with Gasteiger partial charge in [-0.15, -0.1) is 0 Å². The van der Waals surface area contributed by atoms with Gasteiger partial charge in [-0.1, -0.05) is 28.1 Å². The van der Waals surface area contributed by atoms with E-state index in [0.717, 1.165) is 8.78 Å². The molecule has 0 heterocycles. The molecule has 3 N–H and O–H groups in total. The summed E-state index contributed by atoms with van der Waals surface area (Å²) in [5.41, 5.74) is 2.38. The van der Waals surface area contributed by atoms with E-state index in [0.29, 0.717) is 9.26 Å². The molecule has 2 rings (SSSR count). The summed E-state index contributed by atoms with van der Waals surface area (Å²) in [6.45, 7) is -0.408. The maximum absolute atomic E-state index is 12.9. The lowest BCUT2D eigenvalue weighted by molar-refractivity contribution is -0.119. The fraction of sp³-hybridized carbons (Fsp3) is 0.0714. The van der Waals surface area contributed by atoms with Gasteiger partial charge in [0.05, 0.1) is 10.6 Å². The van der Waals surface area contributed by atoms with Crippen molar-refractivity contribution < 1.29 is 13.2 Å². The molecule has 0 aliphatic heterocycles. The lowest BCUT2D eigenvalue weighted by atomic mass is 10.3. The summed E-state index contributed by atoms with van der Waals surface area (Å²) in [7, 11) is -3.91. The smallest absolute Gasteiger partial charge is 0.264 e. The number of benzene rings is 2. The molecular weight excluding hydrogens is 497 g/mol. The lowest BCUT2D eigenvalue weighted by Gasteiger charge is -2.24. The molecule has 1 amide bonds. The van der Waals surface area contributed by atoms with E-state index in [1.807, 2.05) is 28.0 Å². The minimum atomic E-state index is -3.91. The first-order valence-corrected chi connectivity index (χ1v) is 9.69. The van der Waals surface area contributed by atoms with Gasteiger partial charge in [-0.25, -0.2) is 14.3 Å². The number of nitrogens with one attached hydrogen (secondary N) is 1. The van der Waals surface area contributed by atoms with Gasteiger partial charge in [0.25, 0.3) is 15.9 Å². The Kier molecular flexibility index (Phi) is 6.00. The lowest BCUT2D eigenvalue weighted by Crippen LogP contribution is -2.43. The van der Waals surface area contributed by atoms with Crippen LogP contribution in [-0.4, -0.2) is 20.9 Å². The first-order valence-electron chi connectivity index (χ1n) is 6.38. The zero-order valence-electron chi connectivity index (χ0n) is 11.7. The van der Waals surface area contributed by atoms with E-state index in [4.69, 9.17) is 5.84 Å². The van der Waals surface area contributed by atoms with Crippen molar-refractivity contribution in [1.29, 1.82) is 0 Å². The first kappa shape index (κ1) is 18.2. The number of anilines is 1. The van der Waals surface area contributed by atoms with Crippen molar-refractivity contribution >= 4 is 60.1 Å². The Morgan fingerprint density at radius 1 is 1.17 bits per heavy atom. The Hall–Kier alpha value is -1.17. The Labute approximate surface area is 156 Å². The fourth-order valence-electron chi connectivity index (χ4n) is 1.86. The summed E-state index contributed by atoms with van der Waals surface area (Å²) in [6.07, 6.45) is 0. The van der Waals surface area contributed by atoms with Gasteiger partial charge in [0.15, 0.2) is 0 Å². The largest absolute Gasteiger partial charge is 0.293 e. The van der Waals surface area contributed by atoms with E-state index in [9.17, 15) is 13.2 Å². The van der Waals surface area contributed by atoms with Crippen molar-refractivity contribution in [2.75, 3.05) is 10.8 Å². The van der Waals surface area contributed by atoms with Crippen molar-refractivity contribution in [1.82, 2.24) is 5.43 Å². The van der Waals surface area contributed by atoms with Crippen LogP contribution in [0.4, 0.5) is 5.69 Å². The van der Waals surface area contributed by atoms with Crippen LogP contribution < -0.4 is 15.6 Å². The van der Waals surface area contributed by atoms with E-state index in [1.165, 1.54) is 12.1 Å². The highest BCUT2D eigenvalue weighted by Gasteiger charge is 2.28. The quantitative estimate of drug-likeness (QED) is 0.280. The molecule has 0 fully saturated rings. The summed E-state index contributed by atoms with van der Waals surface area (Å²) >= 11 is 5.29. The minimum absolute atomic E-state index is 0.0881. The monoisotopic (exact) mass is 509 g/mol. The number of hydrazine groups is 1. The molecule has 0 bridgehead atoms. The molecule has 0 aromatic heterocycles. The molecule has 9 heteroatoms. The Bertz CT molecular complexity index is 812. The van der Waals surface area contributed by atoms with Crippen LogP contribution in [0.25, 0.3) is 0 Å². The van der Waals surface area contributed by atoms with Crippen LogP contribution in [0.1, 0.15) is 0 Å². The number of nitrogens with two attached hydrogens (primary N) is 1. The van der Waals surface area contributed by atoms with Crippen molar-refractivity contribution in [2.24, 2.45) is 5.84 Å². The van der Waals surface area contributed by atoms with Gasteiger partial charge in [0.2, 0.25) is 0 Å². The van der Waals surface area contributed by atoms with Gasteiger partial charge >= 0.3 is 0 Å². The third kappa shape index (κ3) is 4.22. The SMILES string of the molecule is NNC(=O)CN(c1ccccc1I)S(=O)(=O)c1ccc(Br)cc1. The van der Waals surface area contributed by atoms with Crippen LogP contribution in [-0.2, 0) is 14.8 Å². The molecular formula is C14H13BrIN3O3S. The zero-order chi connectivity index (χ0) is 17.0. The molecule has 0 aliphatic carbocycles. The molecule has 0 unspecified atom stereocenters. The number of amides is 1. The molecule has 0 radical (unpaired) electrons. The van der Waals surface area contributed by atoms with E-state index in [2.05, 4.69) is 15.9 Å². The molecule has 23 heavy (non-hydrogen) atoms. The first-order chi connectivity index (χ1) is 10.9. The molecule has 2 aromatic carbocycles. The number of sulfonamides is 1. The van der Waals surface area contributed by atoms with Crippen molar-refractivity contribution in [3.8, 4) is 0 Å². The van der Waals surface area contributed by atoms with Crippen molar-refractivity contribution in [2.45, 2.75) is 4.90 Å². The molecule has 0 spiro atoms. The van der Waals surface area contributed by atoms with Gasteiger partial charge in [-0.05, 0) is 59.0 Å². The molecule has 2 aromatic rings. The number of carbonyl (C=O) groups excluding carboxylic acids is 1. The molecule has 122 valence electrons. The number of halogens is 2. The van der Waals surface area contributed by atoms with Gasteiger partial charge in [-0.3, -0.25) is 14.5 Å². The van der Waals surface area contributed by atoms with E-state index < -0.39 is 22.5 Å². The van der Waals surface area contributed by atoms with Crippen molar-refractivity contribution in [3.05, 3.63) is 56.6 Å². The van der Waals surface area contributed by atoms with Gasteiger partial charge in [0, 0.05) is 8.04 Å². The average molecular weight is 510 g/mol. The number of hydrogen-bond acceptors (Lipinski definition) is 4. The third-order valence-corrected chi connectivity index (χ3v) is 6.19. The predicted octanol–water partition coefficient (Wildman–Crippen LogP) is 2.24. The maximum Gasteiger partial charge on any atom is 0.264 e. The molecule has 0 atom stereocenters. The number of rotatable bonds is 5. The highest BCUT2D eigenvalue weighted by molar-refractivity contribution is 14.1. The number of para-hydroxylation sites is 1. The van der Waals surface area contributed by atoms with Crippen molar-refractivity contribution in [3.63, 3.8) is 0 Å². The Balaban J connectivity index is 2.54. The van der Waals surface area contributed by atoms with Crippen LogP contribution in [0.2, 0.25) is 0 Å². The summed E-state index contributed by atoms with van der Waals surface area (Å²) in [6, 6.07) is 13.1. The Morgan fingerprint density at radius 3 is 2.35 bits per heavy atom. The van der Waals surface area contributed by atoms with Gasteiger partial charge in [0.1, 0.15) is 6.54 Å². The molecule has 0 aliphatic rings. The highest BCUT2D eigenvalue weighted by Crippen LogP contribution is 2.28. The summed E-state index contributed by atoms with van der Waals surface area (Å²) in [5, 5.41) is 0. The predicted molar refractivity (Wildman–Crippen MR) is 100 cm³/mol. The second kappa shape index (κ2) is 7.60. The summed E-state index contributed by atoms with van der Waals surface area (Å²) in [4.78, 5) is 11.8. The van der Waals surface area contributed by atoms with Crippen LogP contribution in [0.15, 0.2) is 57.9 Å². The second-order valence-electron chi connectivity index (χ2n) is 4.48. The topological polar surface area (TPSA) is 92.5 Å². The number of nitrogens with zero attached hydrogens (tertiary/aromatic N) is 1. The van der Waals surface area contributed by atoms with E-state index >= 15 is 0 Å². The van der Waals surface area contributed by atoms with Gasteiger partial charge in [-0.2, -0.15) is 0 Å². The van der Waals surface area contributed by atoms with Gasteiger partial charge < -0.3 is 0 Å². The normalized spacial score (nSPS) is 11.1. The number of hydrogen-bond donors (Lipinski definition) is 2. The standard InChI is InChI=1S/C14H13BrIN3O3S/c15-10-5-7-11(8-6-10)23(21,22)19(9-14(20)18-17)13-4-2-1-3-12(13)16/h1-8H,9,17H2,(H,18,20). The summed E-state index contributed by atoms with van der Waals surface area (Å²) < 4.78 is 28.4. The molecule has 0 saturated carbocycles. The maximum atomic E-state index is 12.9. The second-order valence-corrected chi connectivity index (χ2v) is 8.42. The van der Waals surface area contributed by atoms with E-state index in [1.54, 1.807) is 36.4 Å². The van der Waals surface area contributed by atoms with Crippen LogP contribution in [0.3, 0.4) is 0 Å². The minimum Gasteiger partial charge on any atom is -0.293 e. The van der Waals surface area contributed by atoms with E-state index in [-0.39, 0.29) is 4.90 Å². The molecule has 0 saturated heterocycles. The Morgan fingerprint density at radius 2 is 1.78 bits per heavy atom. The molecule has 6 nitrogen and oxygen atoms in total. The van der Waals surface area contributed by atoms with Crippen LogP contribution >= 0.6 is 38.5 Å². The highest BCUT2D eigenvalue weighted by atomic mass is 127. The van der Waals surface area contributed by atoms with Crippen LogP contribution in [0, 0.1) is 3.57 Å².